The van der Waals surface area contributed by atoms with Gasteiger partial charge >= 0.3 is 0 Å². The van der Waals surface area contributed by atoms with E-state index in [0.717, 1.165) is 29.2 Å². The minimum atomic E-state index is 0.0546. The summed E-state index contributed by atoms with van der Waals surface area (Å²) in [5.41, 5.74) is 2.61. The summed E-state index contributed by atoms with van der Waals surface area (Å²) < 4.78 is 0. The molecule has 2 aromatic rings. The molecule has 0 spiro atoms. The number of carbonyl (C=O) groups excluding carboxylic acids is 1. The van der Waals surface area contributed by atoms with Crippen molar-refractivity contribution in [1.82, 2.24) is 9.88 Å². The first kappa shape index (κ1) is 15.0. The van der Waals surface area contributed by atoms with E-state index >= 15 is 0 Å². The maximum atomic E-state index is 12.1. The summed E-state index contributed by atoms with van der Waals surface area (Å²) in [6, 6.07) is 7.57. The molecule has 1 aromatic carbocycles. The summed E-state index contributed by atoms with van der Waals surface area (Å²) in [6.45, 7) is 2.83. The van der Waals surface area contributed by atoms with Crippen molar-refractivity contribution in [2.24, 2.45) is 0 Å². The zero-order chi connectivity index (χ0) is 14.5. The fourth-order valence-corrected chi connectivity index (χ4v) is 2.97. The fraction of sp³-hybridized carbons (Fsp3) is 0.333. The molecule has 0 unspecified atom stereocenters. The number of nitrogens with zero attached hydrogens (tertiary/aromatic N) is 2. The molecule has 0 bridgehead atoms. The smallest absolute Gasteiger partial charge is 0.253 e. The SMILES string of the molecule is CCCN(C)C(=O)c1ccc(-c2nc(CCl)cs2)cc1. The first-order valence-electron chi connectivity index (χ1n) is 6.52. The number of carbonyl (C=O) groups is 1. The number of hydrogen-bond donors (Lipinski definition) is 0. The summed E-state index contributed by atoms with van der Waals surface area (Å²) in [7, 11) is 1.83. The fourth-order valence-electron chi connectivity index (χ4n) is 1.91. The highest BCUT2D eigenvalue weighted by atomic mass is 35.5. The van der Waals surface area contributed by atoms with Crippen molar-refractivity contribution in [2.75, 3.05) is 13.6 Å². The zero-order valence-electron chi connectivity index (χ0n) is 11.6. The summed E-state index contributed by atoms with van der Waals surface area (Å²) in [6.07, 6.45) is 0.959. The van der Waals surface area contributed by atoms with Gasteiger partial charge in [0.1, 0.15) is 5.01 Å². The average molecular weight is 309 g/mol. The predicted octanol–water partition coefficient (Wildman–Crippen LogP) is 4.03. The summed E-state index contributed by atoms with van der Waals surface area (Å²) in [4.78, 5) is 18.3. The van der Waals surface area contributed by atoms with Gasteiger partial charge in [-0.15, -0.1) is 22.9 Å². The summed E-state index contributed by atoms with van der Waals surface area (Å²) in [5, 5.41) is 2.89. The Morgan fingerprint density at radius 3 is 2.60 bits per heavy atom. The van der Waals surface area contributed by atoms with Crippen LogP contribution in [0.2, 0.25) is 0 Å². The lowest BCUT2D eigenvalue weighted by Crippen LogP contribution is -2.27. The van der Waals surface area contributed by atoms with Crippen LogP contribution in [-0.2, 0) is 5.88 Å². The first-order valence-corrected chi connectivity index (χ1v) is 7.93. The molecule has 106 valence electrons. The van der Waals surface area contributed by atoms with Gasteiger partial charge in [0.2, 0.25) is 0 Å². The Morgan fingerprint density at radius 2 is 2.05 bits per heavy atom. The number of thiazole rings is 1. The Kier molecular flexibility index (Phi) is 5.15. The maximum Gasteiger partial charge on any atom is 0.253 e. The molecule has 0 radical (unpaired) electrons. The van der Waals surface area contributed by atoms with Gasteiger partial charge in [-0.2, -0.15) is 0 Å². The van der Waals surface area contributed by atoms with Crippen LogP contribution >= 0.6 is 22.9 Å². The van der Waals surface area contributed by atoms with Crippen LogP contribution in [-0.4, -0.2) is 29.4 Å². The van der Waals surface area contributed by atoms with E-state index in [-0.39, 0.29) is 5.91 Å². The Hall–Kier alpha value is -1.39. The summed E-state index contributed by atoms with van der Waals surface area (Å²) in [5.74, 6) is 0.480. The molecule has 0 N–H and O–H groups in total. The van der Waals surface area contributed by atoms with Crippen LogP contribution in [0.4, 0.5) is 0 Å². The van der Waals surface area contributed by atoms with Crippen molar-refractivity contribution < 1.29 is 4.79 Å². The number of amides is 1. The molecule has 0 aliphatic heterocycles. The van der Waals surface area contributed by atoms with Crippen LogP contribution in [0.15, 0.2) is 29.6 Å². The molecule has 0 aliphatic rings. The van der Waals surface area contributed by atoms with Gasteiger partial charge in [0.05, 0.1) is 11.6 Å². The minimum Gasteiger partial charge on any atom is -0.342 e. The lowest BCUT2D eigenvalue weighted by molar-refractivity contribution is 0.0795. The van der Waals surface area contributed by atoms with Gasteiger partial charge in [-0.25, -0.2) is 4.98 Å². The van der Waals surface area contributed by atoms with Gasteiger partial charge in [-0.3, -0.25) is 4.79 Å². The van der Waals surface area contributed by atoms with Crippen LogP contribution in [0.1, 0.15) is 29.4 Å². The monoisotopic (exact) mass is 308 g/mol. The molecule has 1 heterocycles. The molecule has 2 rings (SSSR count). The van der Waals surface area contributed by atoms with E-state index in [1.807, 2.05) is 36.7 Å². The Balaban J connectivity index is 2.15. The Labute approximate surface area is 128 Å². The molecule has 0 saturated carbocycles. The Bertz CT molecular complexity index is 580. The molecule has 3 nitrogen and oxygen atoms in total. The third-order valence-corrected chi connectivity index (χ3v) is 4.19. The van der Waals surface area contributed by atoms with Crippen molar-refractivity contribution in [2.45, 2.75) is 19.2 Å². The molecule has 0 fully saturated rings. The van der Waals surface area contributed by atoms with Crippen molar-refractivity contribution in [3.05, 3.63) is 40.9 Å². The normalized spacial score (nSPS) is 10.6. The number of hydrogen-bond acceptors (Lipinski definition) is 3. The number of halogens is 1. The van der Waals surface area contributed by atoms with Crippen LogP contribution in [0, 0.1) is 0 Å². The highest BCUT2D eigenvalue weighted by Crippen LogP contribution is 2.24. The van der Waals surface area contributed by atoms with E-state index in [4.69, 9.17) is 11.6 Å². The molecular formula is C15H17ClN2OS. The minimum absolute atomic E-state index is 0.0546. The van der Waals surface area contributed by atoms with E-state index in [9.17, 15) is 4.79 Å². The van der Waals surface area contributed by atoms with Gasteiger partial charge in [0.15, 0.2) is 0 Å². The van der Waals surface area contributed by atoms with Crippen LogP contribution in [0.3, 0.4) is 0 Å². The zero-order valence-corrected chi connectivity index (χ0v) is 13.2. The van der Waals surface area contributed by atoms with E-state index in [1.54, 1.807) is 16.2 Å². The van der Waals surface area contributed by atoms with Crippen LogP contribution in [0.5, 0.6) is 0 Å². The predicted molar refractivity (Wildman–Crippen MR) is 84.4 cm³/mol. The van der Waals surface area contributed by atoms with Crippen molar-refractivity contribution in [3.8, 4) is 10.6 Å². The van der Waals surface area contributed by atoms with Gasteiger partial charge in [-0.1, -0.05) is 19.1 Å². The quantitative estimate of drug-likeness (QED) is 0.781. The van der Waals surface area contributed by atoms with E-state index in [2.05, 4.69) is 11.9 Å². The van der Waals surface area contributed by atoms with Gasteiger partial charge < -0.3 is 4.90 Å². The standard InChI is InChI=1S/C15H17ClN2OS/c1-3-8-18(2)15(19)12-6-4-11(5-7-12)14-17-13(9-16)10-20-14/h4-7,10H,3,8-9H2,1-2H3. The molecule has 1 aromatic heterocycles. The van der Waals surface area contributed by atoms with Gasteiger partial charge in [0, 0.05) is 30.1 Å². The second-order valence-electron chi connectivity index (χ2n) is 4.58. The topological polar surface area (TPSA) is 33.2 Å². The molecule has 5 heteroatoms. The molecule has 20 heavy (non-hydrogen) atoms. The van der Waals surface area contributed by atoms with Gasteiger partial charge in [0.25, 0.3) is 5.91 Å². The molecule has 1 amide bonds. The summed E-state index contributed by atoms with van der Waals surface area (Å²) >= 11 is 7.32. The number of benzene rings is 1. The highest BCUT2D eigenvalue weighted by molar-refractivity contribution is 7.13. The molecular weight excluding hydrogens is 292 g/mol. The van der Waals surface area contributed by atoms with Crippen LogP contribution in [0.25, 0.3) is 10.6 Å². The number of rotatable bonds is 5. The average Bonchev–Trinajstić information content (AvgIpc) is 2.96. The van der Waals surface area contributed by atoms with Crippen LogP contribution < -0.4 is 0 Å². The Morgan fingerprint density at radius 1 is 1.35 bits per heavy atom. The highest BCUT2D eigenvalue weighted by Gasteiger charge is 2.11. The third-order valence-electron chi connectivity index (χ3n) is 2.97. The van der Waals surface area contributed by atoms with Crippen molar-refractivity contribution in [3.63, 3.8) is 0 Å². The maximum absolute atomic E-state index is 12.1. The first-order chi connectivity index (χ1) is 9.65. The molecule has 0 saturated heterocycles. The van der Waals surface area contributed by atoms with Gasteiger partial charge in [-0.05, 0) is 18.6 Å². The number of alkyl halides is 1. The van der Waals surface area contributed by atoms with Crippen molar-refractivity contribution in [1.29, 1.82) is 0 Å². The largest absolute Gasteiger partial charge is 0.342 e. The number of aromatic nitrogens is 1. The van der Waals surface area contributed by atoms with E-state index < -0.39 is 0 Å². The van der Waals surface area contributed by atoms with E-state index in [0.29, 0.717) is 11.4 Å². The lowest BCUT2D eigenvalue weighted by atomic mass is 10.1. The van der Waals surface area contributed by atoms with E-state index in [1.165, 1.54) is 0 Å². The molecule has 0 aliphatic carbocycles. The molecule has 0 atom stereocenters. The lowest BCUT2D eigenvalue weighted by Gasteiger charge is -2.16. The second-order valence-corrected chi connectivity index (χ2v) is 5.71. The van der Waals surface area contributed by atoms with Crippen molar-refractivity contribution >= 4 is 28.8 Å². The third kappa shape index (κ3) is 3.38. The second kappa shape index (κ2) is 6.86.